The molecule has 6 nitrogen and oxygen atoms in total. The Kier molecular flexibility index (Phi) is 5.16. The van der Waals surface area contributed by atoms with E-state index in [1.54, 1.807) is 0 Å². The smallest absolute Gasteiger partial charge is 0.352 e. The van der Waals surface area contributed by atoms with Gasteiger partial charge in [-0.1, -0.05) is 29.8 Å². The van der Waals surface area contributed by atoms with E-state index in [4.69, 9.17) is 16.7 Å². The molecule has 0 unspecified atom stereocenters. The Balaban J connectivity index is 2.03. The molecule has 116 valence electrons. The number of carboxylic acids is 1. The lowest BCUT2D eigenvalue weighted by molar-refractivity contribution is 0.0688. The first-order chi connectivity index (χ1) is 10.5. The van der Waals surface area contributed by atoms with Gasteiger partial charge in [-0.25, -0.2) is 9.59 Å². The first-order valence-corrected chi connectivity index (χ1v) is 7.19. The van der Waals surface area contributed by atoms with Gasteiger partial charge in [0, 0.05) is 10.6 Å². The molecule has 1 heterocycles. The number of aromatic amines is 2. The van der Waals surface area contributed by atoms with Gasteiger partial charge in [-0.05, 0) is 37.3 Å². The zero-order valence-electron chi connectivity index (χ0n) is 11.7. The zero-order valence-corrected chi connectivity index (χ0v) is 12.4. The van der Waals surface area contributed by atoms with Gasteiger partial charge >= 0.3 is 11.7 Å². The Bertz CT molecular complexity index is 795. The molecule has 0 spiro atoms. The highest BCUT2D eigenvalue weighted by atomic mass is 35.5. The topological polar surface area (TPSA) is 103 Å². The summed E-state index contributed by atoms with van der Waals surface area (Å²) in [6, 6.07) is 7.49. The van der Waals surface area contributed by atoms with Crippen molar-refractivity contribution in [1.82, 2.24) is 9.97 Å². The molecule has 0 aliphatic rings. The number of aromatic nitrogens is 2. The SMILES string of the molecule is O=C(O)c1[nH]c(=O)[nH]c(=O)c1CCCCc1ccccc1Cl. The van der Waals surface area contributed by atoms with E-state index in [1.807, 2.05) is 24.3 Å². The molecule has 2 rings (SSSR count). The van der Waals surface area contributed by atoms with Gasteiger partial charge in [0.2, 0.25) is 0 Å². The van der Waals surface area contributed by atoms with E-state index in [0.29, 0.717) is 11.4 Å². The van der Waals surface area contributed by atoms with Crippen LogP contribution in [0.25, 0.3) is 0 Å². The summed E-state index contributed by atoms with van der Waals surface area (Å²) >= 11 is 6.06. The average Bonchev–Trinajstić information content (AvgIpc) is 2.46. The summed E-state index contributed by atoms with van der Waals surface area (Å²) in [7, 11) is 0. The highest BCUT2D eigenvalue weighted by molar-refractivity contribution is 6.31. The highest BCUT2D eigenvalue weighted by Crippen LogP contribution is 2.17. The summed E-state index contributed by atoms with van der Waals surface area (Å²) in [5.41, 5.74) is -0.711. The van der Waals surface area contributed by atoms with Crippen LogP contribution in [0, 0.1) is 0 Å². The van der Waals surface area contributed by atoms with Gasteiger partial charge in [-0.3, -0.25) is 9.78 Å². The van der Waals surface area contributed by atoms with Crippen LogP contribution in [0.15, 0.2) is 33.9 Å². The van der Waals surface area contributed by atoms with E-state index < -0.39 is 17.2 Å². The summed E-state index contributed by atoms with van der Waals surface area (Å²) in [5.74, 6) is -1.32. The average molecular weight is 323 g/mol. The molecule has 0 aliphatic heterocycles. The minimum atomic E-state index is -1.32. The van der Waals surface area contributed by atoms with Gasteiger partial charge in [-0.2, -0.15) is 0 Å². The molecule has 0 radical (unpaired) electrons. The molecule has 3 N–H and O–H groups in total. The Morgan fingerprint density at radius 1 is 1.09 bits per heavy atom. The number of hydrogen-bond donors (Lipinski definition) is 3. The molecule has 1 aromatic heterocycles. The van der Waals surface area contributed by atoms with Crippen molar-refractivity contribution < 1.29 is 9.90 Å². The van der Waals surface area contributed by atoms with E-state index in [2.05, 4.69) is 9.97 Å². The number of rotatable bonds is 6. The number of benzene rings is 1. The van der Waals surface area contributed by atoms with Crippen LogP contribution in [0.1, 0.15) is 34.5 Å². The Labute approximate surface area is 130 Å². The molecule has 0 amide bonds. The lowest BCUT2D eigenvalue weighted by Crippen LogP contribution is -2.30. The molecule has 0 saturated carbocycles. The summed E-state index contributed by atoms with van der Waals surface area (Å²) in [6.45, 7) is 0. The van der Waals surface area contributed by atoms with Gasteiger partial charge < -0.3 is 10.1 Å². The molecular weight excluding hydrogens is 308 g/mol. The van der Waals surface area contributed by atoms with Gasteiger partial charge in [-0.15, -0.1) is 0 Å². The first kappa shape index (κ1) is 16.0. The number of nitrogens with one attached hydrogen (secondary N) is 2. The van der Waals surface area contributed by atoms with Crippen LogP contribution in [-0.2, 0) is 12.8 Å². The van der Waals surface area contributed by atoms with Crippen molar-refractivity contribution in [3.63, 3.8) is 0 Å². The normalized spacial score (nSPS) is 10.6. The lowest BCUT2D eigenvalue weighted by atomic mass is 10.0. The fourth-order valence-corrected chi connectivity index (χ4v) is 2.48. The summed E-state index contributed by atoms with van der Waals surface area (Å²) < 4.78 is 0. The standard InChI is InChI=1S/C15H15ClN2O4/c16-11-8-4-2-6-9(11)5-1-3-7-10-12(14(20)21)17-15(22)18-13(10)19/h2,4,6,8H,1,3,5,7H2,(H,20,21)(H2,17,18,19,22). The Morgan fingerprint density at radius 3 is 2.45 bits per heavy atom. The third kappa shape index (κ3) is 3.85. The largest absolute Gasteiger partial charge is 0.477 e. The fourth-order valence-electron chi connectivity index (χ4n) is 2.25. The molecule has 1 aromatic carbocycles. The van der Waals surface area contributed by atoms with Crippen LogP contribution in [0.4, 0.5) is 0 Å². The van der Waals surface area contributed by atoms with Crippen LogP contribution >= 0.6 is 11.6 Å². The molecule has 0 fully saturated rings. The van der Waals surface area contributed by atoms with Gasteiger partial charge in [0.05, 0.1) is 0 Å². The predicted molar refractivity (Wildman–Crippen MR) is 82.7 cm³/mol. The second kappa shape index (κ2) is 7.09. The second-order valence-electron chi connectivity index (χ2n) is 4.87. The molecule has 0 saturated heterocycles. The van der Waals surface area contributed by atoms with Crippen LogP contribution in [-0.4, -0.2) is 21.0 Å². The lowest BCUT2D eigenvalue weighted by Gasteiger charge is -2.06. The summed E-state index contributed by atoms with van der Waals surface area (Å²) in [5, 5.41) is 9.74. The van der Waals surface area contributed by atoms with Crippen LogP contribution in [0.2, 0.25) is 5.02 Å². The van der Waals surface area contributed by atoms with Gasteiger partial charge in [0.25, 0.3) is 5.56 Å². The van der Waals surface area contributed by atoms with Crippen molar-refractivity contribution in [3.8, 4) is 0 Å². The maximum atomic E-state index is 11.7. The van der Waals surface area contributed by atoms with E-state index in [-0.39, 0.29) is 17.7 Å². The van der Waals surface area contributed by atoms with E-state index in [0.717, 1.165) is 18.4 Å². The molecule has 22 heavy (non-hydrogen) atoms. The van der Waals surface area contributed by atoms with Crippen LogP contribution < -0.4 is 11.2 Å². The second-order valence-corrected chi connectivity index (χ2v) is 5.27. The molecular formula is C15H15ClN2O4. The Hall–Kier alpha value is -2.34. The minimum absolute atomic E-state index is 0.0891. The Morgan fingerprint density at radius 2 is 1.77 bits per heavy atom. The number of carboxylic acid groups (broad SMARTS) is 1. The highest BCUT2D eigenvalue weighted by Gasteiger charge is 2.15. The number of aromatic carboxylic acids is 1. The molecule has 0 bridgehead atoms. The minimum Gasteiger partial charge on any atom is -0.477 e. The molecule has 7 heteroatoms. The van der Waals surface area contributed by atoms with Crippen molar-refractivity contribution in [1.29, 1.82) is 0 Å². The van der Waals surface area contributed by atoms with Gasteiger partial charge in [0.1, 0.15) is 5.69 Å². The number of hydrogen-bond acceptors (Lipinski definition) is 3. The van der Waals surface area contributed by atoms with Crippen LogP contribution in [0.5, 0.6) is 0 Å². The number of halogens is 1. The maximum Gasteiger partial charge on any atom is 0.352 e. The van der Waals surface area contributed by atoms with Crippen molar-refractivity contribution in [3.05, 3.63) is 66.9 Å². The molecule has 2 aromatic rings. The number of H-pyrrole nitrogens is 2. The predicted octanol–water partition coefficient (Wildman–Crippen LogP) is 1.98. The quantitative estimate of drug-likeness (QED) is 0.707. The first-order valence-electron chi connectivity index (χ1n) is 6.81. The fraction of sp³-hybridized carbons (Fsp3) is 0.267. The molecule has 0 aliphatic carbocycles. The third-order valence-corrected chi connectivity index (χ3v) is 3.70. The van der Waals surface area contributed by atoms with Crippen LogP contribution in [0.3, 0.4) is 0 Å². The third-order valence-electron chi connectivity index (χ3n) is 3.34. The number of carbonyl (C=O) groups is 1. The van der Waals surface area contributed by atoms with Gasteiger partial charge in [0.15, 0.2) is 0 Å². The van der Waals surface area contributed by atoms with E-state index in [1.165, 1.54) is 0 Å². The summed E-state index contributed by atoms with van der Waals surface area (Å²) in [4.78, 5) is 38.1. The number of aryl methyl sites for hydroxylation is 1. The van der Waals surface area contributed by atoms with Crippen molar-refractivity contribution in [2.24, 2.45) is 0 Å². The number of unbranched alkanes of at least 4 members (excludes halogenated alkanes) is 1. The summed E-state index contributed by atoms with van der Waals surface area (Å²) in [6.07, 6.45) is 2.38. The van der Waals surface area contributed by atoms with Crippen molar-refractivity contribution in [2.45, 2.75) is 25.7 Å². The maximum absolute atomic E-state index is 11.7. The van der Waals surface area contributed by atoms with Crippen molar-refractivity contribution >= 4 is 17.6 Å². The monoisotopic (exact) mass is 322 g/mol. The van der Waals surface area contributed by atoms with Crippen molar-refractivity contribution in [2.75, 3.05) is 0 Å². The zero-order chi connectivity index (χ0) is 16.1. The van der Waals surface area contributed by atoms with E-state index >= 15 is 0 Å². The van der Waals surface area contributed by atoms with E-state index in [9.17, 15) is 14.4 Å². The molecule has 0 atom stereocenters.